The summed E-state index contributed by atoms with van der Waals surface area (Å²) < 4.78 is 16.4. The van der Waals surface area contributed by atoms with Crippen LogP contribution in [0.4, 0.5) is 0 Å². The first-order valence-corrected chi connectivity index (χ1v) is 10.3. The molecule has 1 aliphatic heterocycles. The van der Waals surface area contributed by atoms with E-state index in [0.717, 1.165) is 0 Å². The summed E-state index contributed by atoms with van der Waals surface area (Å²) in [6, 6.07) is 5.76. The molecule has 0 amide bonds. The van der Waals surface area contributed by atoms with Crippen molar-refractivity contribution in [3.8, 4) is 11.5 Å². The van der Waals surface area contributed by atoms with Crippen LogP contribution in [0.3, 0.4) is 0 Å². The van der Waals surface area contributed by atoms with Gasteiger partial charge in [-0.2, -0.15) is 0 Å². The van der Waals surface area contributed by atoms with E-state index in [1.165, 1.54) is 25.3 Å². The summed E-state index contributed by atoms with van der Waals surface area (Å²) in [5, 5.41) is 11.5. The Bertz CT molecular complexity index is 1640. The molecule has 0 radical (unpaired) electrons. The van der Waals surface area contributed by atoms with Crippen molar-refractivity contribution in [3.05, 3.63) is 78.4 Å². The van der Waals surface area contributed by atoms with Crippen molar-refractivity contribution in [2.45, 2.75) is 26.2 Å². The quantitative estimate of drug-likeness (QED) is 0.201. The first-order valence-electron chi connectivity index (χ1n) is 9.93. The molecule has 0 aliphatic carbocycles. The molecule has 0 fully saturated rings. The van der Waals surface area contributed by atoms with E-state index < -0.39 is 34.5 Å². The predicted octanol–water partition coefficient (Wildman–Crippen LogP) is 4.21. The summed E-state index contributed by atoms with van der Waals surface area (Å²) in [5.41, 5.74) is -0.557. The van der Waals surface area contributed by atoms with Crippen molar-refractivity contribution in [1.82, 2.24) is 0 Å². The van der Waals surface area contributed by atoms with E-state index >= 15 is 0 Å². The molecular weight excluding hydrogens is 452 g/mol. The van der Waals surface area contributed by atoms with Crippen molar-refractivity contribution in [3.63, 3.8) is 0 Å². The summed E-state index contributed by atoms with van der Waals surface area (Å²) in [7, 11) is 0. The van der Waals surface area contributed by atoms with Crippen LogP contribution >= 0.6 is 11.6 Å². The van der Waals surface area contributed by atoms with Gasteiger partial charge in [-0.25, -0.2) is 4.79 Å². The van der Waals surface area contributed by atoms with Crippen LogP contribution in [-0.2, 0) is 4.79 Å². The number of Topliss-reactive ketones (excluding diaryl/α,β-unsaturated/α-hetero) is 1. The van der Waals surface area contributed by atoms with Crippen molar-refractivity contribution < 1.29 is 28.3 Å². The monoisotopic (exact) mass is 466 g/mol. The van der Waals surface area contributed by atoms with Crippen LogP contribution in [0.25, 0.3) is 21.9 Å². The van der Waals surface area contributed by atoms with E-state index in [1.54, 1.807) is 19.1 Å². The second-order valence-electron chi connectivity index (χ2n) is 7.87. The number of esters is 1. The Morgan fingerprint density at radius 2 is 1.94 bits per heavy atom. The van der Waals surface area contributed by atoms with Crippen LogP contribution in [0.5, 0.6) is 11.5 Å². The maximum Gasteiger partial charge on any atom is 0.336 e. The Kier molecular flexibility index (Phi) is 4.65. The lowest BCUT2D eigenvalue weighted by atomic mass is 9.83. The Hall–Kier alpha value is -3.91. The average molecular weight is 467 g/mol. The Labute approximate surface area is 190 Å². The van der Waals surface area contributed by atoms with Crippen LogP contribution in [0.15, 0.2) is 49.0 Å². The lowest BCUT2D eigenvalue weighted by Gasteiger charge is -2.27. The number of carbonyl (C=O) groups is 2. The number of phenolic OH excluding ortho intramolecular Hbond substituents is 1. The minimum Gasteiger partial charge on any atom is -0.506 e. The number of benzene rings is 2. The number of rotatable bonds is 2. The summed E-state index contributed by atoms with van der Waals surface area (Å²) in [5.74, 6) is -2.97. The van der Waals surface area contributed by atoms with Gasteiger partial charge in [0, 0.05) is 28.1 Å². The first-order chi connectivity index (χ1) is 15.7. The number of fused-ring (bicyclic) bond motifs is 4. The number of aromatic hydroxyl groups is 1. The standard InChI is InChI=1S/C24H15ClO8/c1-9-5-16(27)32-23-18(9)22(30)19(10(2)26)24-20(23)12(7-17(28)33-24)14-8-31-15-4-3-11(25)6-13(15)21(14)29/h3-6,8,12,30H,7H2,1-2H3. The van der Waals surface area contributed by atoms with Crippen LogP contribution in [-0.4, -0.2) is 16.9 Å². The Balaban J connectivity index is 1.94. The summed E-state index contributed by atoms with van der Waals surface area (Å²) in [6.07, 6.45) is 0.949. The molecular formula is C24H15ClO8. The number of carbonyl (C=O) groups excluding carboxylic acids is 2. The molecule has 1 atom stereocenters. The number of ketones is 1. The fourth-order valence-corrected chi connectivity index (χ4v) is 4.53. The van der Waals surface area contributed by atoms with E-state index in [4.69, 9.17) is 25.2 Å². The molecule has 1 unspecified atom stereocenters. The summed E-state index contributed by atoms with van der Waals surface area (Å²) in [6.45, 7) is 2.78. The summed E-state index contributed by atoms with van der Waals surface area (Å²) in [4.78, 5) is 50.5. The lowest BCUT2D eigenvalue weighted by Crippen LogP contribution is -2.26. The minimum atomic E-state index is -0.966. The van der Waals surface area contributed by atoms with E-state index in [-0.39, 0.29) is 45.2 Å². The second-order valence-corrected chi connectivity index (χ2v) is 8.30. The highest BCUT2D eigenvalue weighted by Crippen LogP contribution is 2.49. The lowest BCUT2D eigenvalue weighted by molar-refractivity contribution is -0.135. The molecule has 1 aliphatic rings. The number of hydrogen-bond acceptors (Lipinski definition) is 8. The van der Waals surface area contributed by atoms with Crippen LogP contribution < -0.4 is 15.8 Å². The molecule has 0 bridgehead atoms. The van der Waals surface area contributed by atoms with Gasteiger partial charge in [0.05, 0.1) is 23.5 Å². The van der Waals surface area contributed by atoms with Crippen molar-refractivity contribution >= 4 is 45.3 Å². The summed E-state index contributed by atoms with van der Waals surface area (Å²) >= 11 is 6.05. The van der Waals surface area contributed by atoms with Gasteiger partial charge in [0.25, 0.3) is 0 Å². The zero-order chi connectivity index (χ0) is 23.6. The van der Waals surface area contributed by atoms with Crippen molar-refractivity contribution in [1.29, 1.82) is 0 Å². The van der Waals surface area contributed by atoms with E-state index in [0.29, 0.717) is 16.2 Å². The smallest absolute Gasteiger partial charge is 0.336 e. The van der Waals surface area contributed by atoms with Crippen LogP contribution in [0.2, 0.25) is 5.02 Å². The highest BCUT2D eigenvalue weighted by molar-refractivity contribution is 6.31. The molecule has 0 saturated heterocycles. The molecule has 0 saturated carbocycles. The molecule has 9 heteroatoms. The molecule has 166 valence electrons. The maximum absolute atomic E-state index is 13.4. The van der Waals surface area contributed by atoms with Gasteiger partial charge in [-0.15, -0.1) is 0 Å². The molecule has 0 spiro atoms. The van der Waals surface area contributed by atoms with Gasteiger partial charge >= 0.3 is 11.6 Å². The number of aryl methyl sites for hydroxylation is 1. The molecule has 3 heterocycles. The van der Waals surface area contributed by atoms with Gasteiger partial charge in [-0.3, -0.25) is 14.4 Å². The van der Waals surface area contributed by atoms with Crippen molar-refractivity contribution in [2.75, 3.05) is 0 Å². The number of hydrogen-bond donors (Lipinski definition) is 1. The van der Waals surface area contributed by atoms with Crippen LogP contribution in [0.1, 0.15) is 46.3 Å². The minimum absolute atomic E-state index is 0.0689. The Morgan fingerprint density at radius 1 is 1.18 bits per heavy atom. The van der Waals surface area contributed by atoms with E-state index in [1.807, 2.05) is 0 Å². The SMILES string of the molecule is CC(=O)c1c2c(c3oc(=O)cc(C)c3c1O)C(c1coc3ccc(Cl)cc3c1=O)CC(=O)O2. The molecule has 4 aromatic rings. The molecule has 2 aromatic carbocycles. The topological polar surface area (TPSA) is 124 Å². The molecule has 5 rings (SSSR count). The van der Waals surface area contributed by atoms with Gasteiger partial charge in [0.2, 0.25) is 0 Å². The fourth-order valence-electron chi connectivity index (χ4n) is 4.36. The fraction of sp³-hybridized carbons (Fsp3) is 0.167. The van der Waals surface area contributed by atoms with Gasteiger partial charge in [0.1, 0.15) is 22.5 Å². The van der Waals surface area contributed by atoms with Gasteiger partial charge in [-0.1, -0.05) is 11.6 Å². The van der Waals surface area contributed by atoms with Gasteiger partial charge < -0.3 is 18.7 Å². The molecule has 2 aromatic heterocycles. The van der Waals surface area contributed by atoms with Crippen molar-refractivity contribution in [2.24, 2.45) is 0 Å². The largest absolute Gasteiger partial charge is 0.506 e. The molecule has 8 nitrogen and oxygen atoms in total. The van der Waals surface area contributed by atoms with Gasteiger partial charge in [0.15, 0.2) is 17.0 Å². The highest BCUT2D eigenvalue weighted by atomic mass is 35.5. The highest BCUT2D eigenvalue weighted by Gasteiger charge is 2.38. The number of ether oxygens (including phenoxy) is 1. The average Bonchev–Trinajstić information content (AvgIpc) is 2.73. The maximum atomic E-state index is 13.4. The second kappa shape index (κ2) is 7.31. The third-order valence-corrected chi connectivity index (χ3v) is 6.01. The molecule has 1 N–H and O–H groups in total. The van der Waals surface area contributed by atoms with E-state index in [2.05, 4.69) is 0 Å². The van der Waals surface area contributed by atoms with Crippen LogP contribution in [0, 0.1) is 6.92 Å². The first kappa shape index (κ1) is 21.0. The van der Waals surface area contributed by atoms with Gasteiger partial charge in [-0.05, 0) is 37.6 Å². The molecule has 33 heavy (non-hydrogen) atoms. The third kappa shape index (κ3) is 3.14. The number of halogens is 1. The zero-order valence-corrected chi connectivity index (χ0v) is 18.1. The normalized spacial score (nSPS) is 15.5. The zero-order valence-electron chi connectivity index (χ0n) is 17.4. The van der Waals surface area contributed by atoms with E-state index in [9.17, 15) is 24.3 Å². The Morgan fingerprint density at radius 3 is 2.67 bits per heavy atom. The third-order valence-electron chi connectivity index (χ3n) is 5.77. The number of phenols is 1. The predicted molar refractivity (Wildman–Crippen MR) is 118 cm³/mol.